The van der Waals surface area contributed by atoms with Crippen LogP contribution in [0.5, 0.6) is 0 Å². The Labute approximate surface area is 159 Å². The highest BCUT2D eigenvalue weighted by Gasteiger charge is 2.31. The van der Waals surface area contributed by atoms with Crippen LogP contribution in [-0.4, -0.2) is 38.9 Å². The Balaban J connectivity index is 1.47. The zero-order chi connectivity index (χ0) is 19.7. The van der Waals surface area contributed by atoms with Gasteiger partial charge >= 0.3 is 0 Å². The average Bonchev–Trinajstić information content (AvgIpc) is 3.11. The van der Waals surface area contributed by atoms with Crippen LogP contribution in [0, 0.1) is 11.6 Å². The second-order valence-corrected chi connectivity index (χ2v) is 6.75. The van der Waals surface area contributed by atoms with Gasteiger partial charge in [-0.3, -0.25) is 9.59 Å². The standard InChI is InChI=1S/C20H18F2N4O2/c21-14-7-6-13(16(22)10-14)12-25-8-3-4-17(20(25)28)24-19(27)15-11-23-26-9-2-1-5-18(15)26/h1-2,5-7,9-11,17H,3-4,8,12H2,(H,24,27). The van der Waals surface area contributed by atoms with Gasteiger partial charge in [0.2, 0.25) is 5.91 Å². The molecule has 0 radical (unpaired) electrons. The van der Waals surface area contributed by atoms with Crippen LogP contribution in [0.25, 0.3) is 5.52 Å². The molecule has 8 heteroatoms. The molecule has 0 bridgehead atoms. The number of nitrogens with zero attached hydrogens (tertiary/aromatic N) is 3. The van der Waals surface area contributed by atoms with Crippen LogP contribution in [0.4, 0.5) is 8.78 Å². The summed E-state index contributed by atoms with van der Waals surface area (Å²) >= 11 is 0. The number of amides is 2. The number of hydrogen-bond donors (Lipinski definition) is 1. The molecule has 28 heavy (non-hydrogen) atoms. The third-order valence-electron chi connectivity index (χ3n) is 4.88. The molecule has 1 unspecified atom stereocenters. The number of halogens is 2. The van der Waals surface area contributed by atoms with E-state index in [1.54, 1.807) is 28.9 Å². The number of nitrogens with one attached hydrogen (secondary N) is 1. The fourth-order valence-corrected chi connectivity index (χ4v) is 3.43. The van der Waals surface area contributed by atoms with E-state index >= 15 is 0 Å². The van der Waals surface area contributed by atoms with E-state index in [0.29, 0.717) is 30.5 Å². The number of carbonyl (C=O) groups excluding carboxylic acids is 2. The molecule has 2 aromatic heterocycles. The van der Waals surface area contributed by atoms with Gasteiger partial charge < -0.3 is 10.2 Å². The van der Waals surface area contributed by atoms with Gasteiger partial charge in [-0.15, -0.1) is 0 Å². The Morgan fingerprint density at radius 2 is 2.11 bits per heavy atom. The zero-order valence-electron chi connectivity index (χ0n) is 14.9. The lowest BCUT2D eigenvalue weighted by atomic mass is 10.0. The Morgan fingerprint density at radius 3 is 2.93 bits per heavy atom. The van der Waals surface area contributed by atoms with E-state index in [-0.39, 0.29) is 23.9 Å². The van der Waals surface area contributed by atoms with Crippen molar-refractivity contribution in [2.24, 2.45) is 0 Å². The molecule has 1 aliphatic rings. The smallest absolute Gasteiger partial charge is 0.255 e. The molecular weight excluding hydrogens is 366 g/mol. The third-order valence-corrected chi connectivity index (χ3v) is 4.88. The van der Waals surface area contributed by atoms with Gasteiger partial charge in [0.25, 0.3) is 5.91 Å². The van der Waals surface area contributed by atoms with Gasteiger partial charge in [0.05, 0.1) is 17.3 Å². The van der Waals surface area contributed by atoms with Gasteiger partial charge in [0.1, 0.15) is 17.7 Å². The molecule has 1 saturated heterocycles. The second-order valence-electron chi connectivity index (χ2n) is 6.75. The lowest BCUT2D eigenvalue weighted by Gasteiger charge is -2.32. The molecule has 0 saturated carbocycles. The van der Waals surface area contributed by atoms with Crippen LogP contribution >= 0.6 is 0 Å². The number of aromatic nitrogens is 2. The Hall–Kier alpha value is -3.29. The minimum absolute atomic E-state index is 0.0357. The van der Waals surface area contributed by atoms with Crippen LogP contribution in [0.15, 0.2) is 48.8 Å². The predicted octanol–water partition coefficient (Wildman–Crippen LogP) is 2.53. The van der Waals surface area contributed by atoms with Crippen molar-refractivity contribution in [1.82, 2.24) is 19.8 Å². The monoisotopic (exact) mass is 384 g/mol. The molecule has 3 heterocycles. The van der Waals surface area contributed by atoms with Gasteiger partial charge in [0.15, 0.2) is 0 Å². The molecule has 1 atom stereocenters. The summed E-state index contributed by atoms with van der Waals surface area (Å²) in [5.74, 6) is -2.01. The van der Waals surface area contributed by atoms with Crippen LogP contribution < -0.4 is 5.32 Å². The molecule has 2 amide bonds. The number of hydrogen-bond acceptors (Lipinski definition) is 3. The highest BCUT2D eigenvalue weighted by Crippen LogP contribution is 2.19. The van der Waals surface area contributed by atoms with E-state index in [0.717, 1.165) is 12.1 Å². The summed E-state index contributed by atoms with van der Waals surface area (Å²) in [7, 11) is 0. The molecule has 1 aliphatic heterocycles. The number of piperidine rings is 1. The molecule has 1 aromatic carbocycles. The summed E-state index contributed by atoms with van der Waals surface area (Å²) in [5, 5.41) is 6.89. The van der Waals surface area contributed by atoms with E-state index in [1.165, 1.54) is 17.2 Å². The van der Waals surface area contributed by atoms with Crippen molar-refractivity contribution in [2.75, 3.05) is 6.54 Å². The molecule has 0 aliphatic carbocycles. The Bertz CT molecular complexity index is 1050. The highest BCUT2D eigenvalue weighted by atomic mass is 19.1. The van der Waals surface area contributed by atoms with Crippen molar-refractivity contribution in [3.05, 3.63) is 71.6 Å². The number of rotatable bonds is 4. The van der Waals surface area contributed by atoms with Crippen LogP contribution in [0.3, 0.4) is 0 Å². The average molecular weight is 384 g/mol. The largest absolute Gasteiger partial charge is 0.340 e. The van der Waals surface area contributed by atoms with Crippen molar-refractivity contribution in [2.45, 2.75) is 25.4 Å². The van der Waals surface area contributed by atoms with Crippen LogP contribution in [0.2, 0.25) is 0 Å². The summed E-state index contributed by atoms with van der Waals surface area (Å²) in [4.78, 5) is 26.9. The third kappa shape index (κ3) is 3.45. The van der Waals surface area contributed by atoms with Crippen molar-refractivity contribution in [1.29, 1.82) is 0 Å². The van der Waals surface area contributed by atoms with Crippen molar-refractivity contribution in [3.63, 3.8) is 0 Å². The molecule has 6 nitrogen and oxygen atoms in total. The van der Waals surface area contributed by atoms with Crippen molar-refractivity contribution < 1.29 is 18.4 Å². The topological polar surface area (TPSA) is 66.7 Å². The highest BCUT2D eigenvalue weighted by molar-refractivity contribution is 6.02. The van der Waals surface area contributed by atoms with E-state index in [4.69, 9.17) is 0 Å². The fourth-order valence-electron chi connectivity index (χ4n) is 3.43. The lowest BCUT2D eigenvalue weighted by molar-refractivity contribution is -0.136. The second kappa shape index (κ2) is 7.38. The van der Waals surface area contributed by atoms with Crippen LogP contribution in [-0.2, 0) is 11.3 Å². The minimum atomic E-state index is -0.691. The van der Waals surface area contributed by atoms with Crippen molar-refractivity contribution in [3.8, 4) is 0 Å². The van der Waals surface area contributed by atoms with Crippen LogP contribution in [0.1, 0.15) is 28.8 Å². The minimum Gasteiger partial charge on any atom is -0.340 e. The molecule has 1 N–H and O–H groups in total. The number of pyridine rings is 1. The Kier molecular flexibility index (Phi) is 4.77. The maximum absolute atomic E-state index is 13.9. The molecule has 1 fully saturated rings. The first-order chi connectivity index (χ1) is 13.5. The molecule has 4 rings (SSSR count). The summed E-state index contributed by atoms with van der Waals surface area (Å²) < 4.78 is 28.6. The normalized spacial score (nSPS) is 17.1. The van der Waals surface area contributed by atoms with Gasteiger partial charge in [-0.05, 0) is 31.0 Å². The number of fused-ring (bicyclic) bond motifs is 1. The SMILES string of the molecule is O=C(NC1CCCN(Cc2ccc(F)cc2F)C1=O)c1cnn2ccccc12. The quantitative estimate of drug-likeness (QED) is 0.752. The maximum atomic E-state index is 13.9. The summed E-state index contributed by atoms with van der Waals surface area (Å²) in [6.45, 7) is 0.493. The first-order valence-corrected chi connectivity index (χ1v) is 8.99. The summed E-state index contributed by atoms with van der Waals surface area (Å²) in [6, 6.07) is 7.99. The van der Waals surface area contributed by atoms with Crippen molar-refractivity contribution >= 4 is 17.3 Å². The number of likely N-dealkylation sites (tertiary alicyclic amines) is 1. The van der Waals surface area contributed by atoms with Gasteiger partial charge in [-0.1, -0.05) is 12.1 Å². The Morgan fingerprint density at radius 1 is 1.25 bits per heavy atom. The van der Waals surface area contributed by atoms with E-state index < -0.39 is 17.7 Å². The van der Waals surface area contributed by atoms with E-state index in [9.17, 15) is 18.4 Å². The van der Waals surface area contributed by atoms with Gasteiger partial charge in [-0.2, -0.15) is 5.10 Å². The van der Waals surface area contributed by atoms with E-state index in [1.807, 2.05) is 0 Å². The van der Waals surface area contributed by atoms with Gasteiger partial charge in [-0.25, -0.2) is 13.3 Å². The first-order valence-electron chi connectivity index (χ1n) is 8.99. The molecule has 3 aromatic rings. The summed E-state index contributed by atoms with van der Waals surface area (Å²) in [6.07, 6.45) is 4.38. The lowest BCUT2D eigenvalue weighted by Crippen LogP contribution is -2.51. The maximum Gasteiger partial charge on any atom is 0.255 e. The van der Waals surface area contributed by atoms with E-state index in [2.05, 4.69) is 10.4 Å². The van der Waals surface area contributed by atoms with Gasteiger partial charge in [0, 0.05) is 30.9 Å². The summed E-state index contributed by atoms with van der Waals surface area (Å²) in [5.41, 5.74) is 1.27. The zero-order valence-corrected chi connectivity index (χ0v) is 14.9. The predicted molar refractivity (Wildman–Crippen MR) is 97.5 cm³/mol. The molecule has 144 valence electrons. The number of carbonyl (C=O) groups is 2. The molecule has 0 spiro atoms. The first kappa shape index (κ1) is 18.1. The number of benzene rings is 1. The molecular formula is C20H18F2N4O2. The fraction of sp³-hybridized carbons (Fsp3) is 0.250.